The van der Waals surface area contributed by atoms with Crippen LogP contribution in [0.3, 0.4) is 0 Å². The van der Waals surface area contributed by atoms with Crippen molar-refractivity contribution in [2.24, 2.45) is 11.3 Å². The number of carbonyl (C=O) groups is 3. The fourth-order valence-electron chi connectivity index (χ4n) is 3.86. The van der Waals surface area contributed by atoms with Crippen molar-refractivity contribution in [2.45, 2.75) is 71.5 Å². The molecule has 2 saturated heterocycles. The highest BCUT2D eigenvalue weighted by Crippen LogP contribution is 2.59. The third-order valence-electron chi connectivity index (χ3n) is 5.71. The van der Waals surface area contributed by atoms with Crippen LogP contribution >= 0.6 is 7.82 Å². The van der Waals surface area contributed by atoms with Gasteiger partial charge in [0.2, 0.25) is 5.91 Å². The van der Waals surface area contributed by atoms with Crippen LogP contribution in [-0.4, -0.2) is 60.3 Å². The van der Waals surface area contributed by atoms with Gasteiger partial charge >= 0.3 is 13.8 Å². The van der Waals surface area contributed by atoms with Crippen molar-refractivity contribution < 1.29 is 42.0 Å². The zero-order valence-electron chi connectivity index (χ0n) is 19.2. The molecule has 0 bridgehead atoms. The smallest absolute Gasteiger partial charge is 0.463 e. The molecule has 0 saturated carbocycles. The molecule has 0 radical (unpaired) electrons. The molecule has 0 aliphatic carbocycles. The molecule has 0 aromatic heterocycles. The molecule has 3 aliphatic heterocycles. The number of hydrogen-bond donors (Lipinski definition) is 0. The SMILES string of the molecule is C#C[C@]1(C)[C@@H]2O[P@](=O)(OCC(C)CCC(=O)OC(C)C)OC[C@H]2O[C@H]1N1C=CC(=O)CC1=O. The van der Waals surface area contributed by atoms with Crippen LogP contribution in [0.1, 0.15) is 47.0 Å². The maximum absolute atomic E-state index is 13.1. The predicted octanol–water partition coefficient (Wildman–Crippen LogP) is 2.57. The molecule has 182 valence electrons. The minimum absolute atomic E-state index is 0.0378. The third kappa shape index (κ3) is 5.73. The fraction of sp³-hybridized carbons (Fsp3) is 0.682. The van der Waals surface area contributed by atoms with Crippen molar-refractivity contribution in [1.29, 1.82) is 0 Å². The molecular formula is C22H30NO9P. The Balaban J connectivity index is 1.62. The second kappa shape index (κ2) is 10.1. The zero-order valence-corrected chi connectivity index (χ0v) is 20.1. The Labute approximate surface area is 193 Å². The molecule has 0 aromatic rings. The molecule has 2 fully saturated rings. The Morgan fingerprint density at radius 3 is 2.76 bits per heavy atom. The highest BCUT2D eigenvalue weighted by atomic mass is 31.2. The normalized spacial score (nSPS) is 34.8. The lowest BCUT2D eigenvalue weighted by atomic mass is 9.82. The molecule has 10 nitrogen and oxygen atoms in total. The van der Waals surface area contributed by atoms with Crippen molar-refractivity contribution in [2.75, 3.05) is 13.2 Å². The van der Waals surface area contributed by atoms with Gasteiger partial charge in [-0.25, -0.2) is 4.57 Å². The summed E-state index contributed by atoms with van der Waals surface area (Å²) in [6.07, 6.45) is 6.20. The summed E-state index contributed by atoms with van der Waals surface area (Å²) in [5, 5.41) is 0. The first-order valence-electron chi connectivity index (χ1n) is 10.9. The lowest BCUT2D eigenvalue weighted by molar-refractivity contribution is -0.149. The van der Waals surface area contributed by atoms with E-state index < -0.39 is 37.6 Å². The Morgan fingerprint density at radius 1 is 1.39 bits per heavy atom. The van der Waals surface area contributed by atoms with Crippen LogP contribution < -0.4 is 0 Å². The van der Waals surface area contributed by atoms with Gasteiger partial charge in [-0.2, -0.15) is 0 Å². The van der Waals surface area contributed by atoms with E-state index in [2.05, 4.69) is 5.92 Å². The lowest BCUT2D eigenvalue weighted by Gasteiger charge is -2.37. The highest BCUT2D eigenvalue weighted by molar-refractivity contribution is 7.48. The minimum Gasteiger partial charge on any atom is -0.463 e. The van der Waals surface area contributed by atoms with Crippen molar-refractivity contribution in [3.8, 4) is 12.3 Å². The van der Waals surface area contributed by atoms with Crippen LogP contribution in [0.4, 0.5) is 0 Å². The number of fused-ring (bicyclic) bond motifs is 1. The first kappa shape index (κ1) is 25.6. The Kier molecular flexibility index (Phi) is 7.82. The summed E-state index contributed by atoms with van der Waals surface area (Å²) in [5.74, 6) is 1.45. The Hall–Kier alpha value is -2.02. The van der Waals surface area contributed by atoms with E-state index in [1.54, 1.807) is 20.8 Å². The van der Waals surface area contributed by atoms with E-state index in [4.69, 9.17) is 29.5 Å². The maximum Gasteiger partial charge on any atom is 0.475 e. The summed E-state index contributed by atoms with van der Waals surface area (Å²) < 4.78 is 40.8. The number of ketones is 1. The number of allylic oxidation sites excluding steroid dienone is 1. The Morgan fingerprint density at radius 2 is 2.12 bits per heavy atom. The molecule has 3 heterocycles. The van der Waals surface area contributed by atoms with E-state index in [1.807, 2.05) is 6.92 Å². The average molecular weight is 483 g/mol. The van der Waals surface area contributed by atoms with Gasteiger partial charge in [-0.05, 0) is 39.2 Å². The number of ether oxygens (including phenoxy) is 2. The van der Waals surface area contributed by atoms with E-state index >= 15 is 0 Å². The topological polar surface area (TPSA) is 118 Å². The second-order valence-corrected chi connectivity index (χ2v) is 10.6. The molecule has 1 unspecified atom stereocenters. The number of nitrogens with zero attached hydrogens (tertiary/aromatic N) is 1. The number of rotatable bonds is 8. The van der Waals surface area contributed by atoms with Crippen LogP contribution in [-0.2, 0) is 42.0 Å². The first-order chi connectivity index (χ1) is 15.5. The fourth-order valence-corrected chi connectivity index (χ4v) is 5.46. The van der Waals surface area contributed by atoms with Crippen LogP contribution in [0, 0.1) is 23.7 Å². The van der Waals surface area contributed by atoms with E-state index in [9.17, 15) is 18.9 Å². The van der Waals surface area contributed by atoms with Gasteiger partial charge in [-0.15, -0.1) is 6.42 Å². The number of phosphoric ester groups is 1. The average Bonchev–Trinajstić information content (AvgIpc) is 3.02. The van der Waals surface area contributed by atoms with Crippen molar-refractivity contribution in [3.05, 3.63) is 12.3 Å². The molecule has 0 spiro atoms. The van der Waals surface area contributed by atoms with E-state index in [-0.39, 0.29) is 49.8 Å². The number of hydrogen-bond acceptors (Lipinski definition) is 9. The molecule has 3 aliphatic rings. The molecule has 0 aromatic carbocycles. The molecule has 3 rings (SSSR count). The molecule has 0 N–H and O–H groups in total. The third-order valence-corrected chi connectivity index (χ3v) is 7.12. The van der Waals surface area contributed by atoms with Crippen molar-refractivity contribution in [3.63, 3.8) is 0 Å². The summed E-state index contributed by atoms with van der Waals surface area (Å²) in [5.41, 5.74) is -1.17. The summed E-state index contributed by atoms with van der Waals surface area (Å²) >= 11 is 0. The van der Waals surface area contributed by atoms with Crippen molar-refractivity contribution in [1.82, 2.24) is 4.90 Å². The summed E-state index contributed by atoms with van der Waals surface area (Å²) in [7, 11) is -3.96. The Bertz CT molecular complexity index is 910. The van der Waals surface area contributed by atoms with Gasteiger partial charge in [0.15, 0.2) is 12.0 Å². The standard InChI is InChI=1S/C22H30NO9P/c1-6-22(5)20-17(31-21(22)23-10-9-16(24)11-18(23)25)13-29-33(27,32-20)28-12-15(4)7-8-19(26)30-14(2)3/h1,9-10,14-15,17,20-21H,7-8,11-13H2,2-5H3/t15?,17-,20-,21-,22-,33-/m1/s1. The number of carbonyl (C=O) groups excluding carboxylic acids is 3. The van der Waals surface area contributed by atoms with Crippen LogP contribution in [0.25, 0.3) is 0 Å². The van der Waals surface area contributed by atoms with Gasteiger partial charge in [0.05, 0.1) is 25.7 Å². The van der Waals surface area contributed by atoms with E-state index in [1.165, 1.54) is 17.2 Å². The van der Waals surface area contributed by atoms with Crippen LogP contribution in [0.15, 0.2) is 12.3 Å². The number of amides is 1. The number of esters is 1. The van der Waals surface area contributed by atoms with E-state index in [0.29, 0.717) is 6.42 Å². The molecule has 33 heavy (non-hydrogen) atoms. The van der Waals surface area contributed by atoms with Crippen LogP contribution in [0.5, 0.6) is 0 Å². The largest absolute Gasteiger partial charge is 0.475 e. The van der Waals surface area contributed by atoms with Gasteiger partial charge < -0.3 is 9.47 Å². The van der Waals surface area contributed by atoms with Gasteiger partial charge in [0.1, 0.15) is 17.6 Å². The molecule has 6 atom stereocenters. The molecule has 11 heteroatoms. The van der Waals surface area contributed by atoms with Gasteiger partial charge in [0.25, 0.3) is 0 Å². The van der Waals surface area contributed by atoms with Gasteiger partial charge in [-0.3, -0.25) is 32.9 Å². The van der Waals surface area contributed by atoms with E-state index in [0.717, 1.165) is 0 Å². The number of terminal acetylenes is 1. The summed E-state index contributed by atoms with van der Waals surface area (Å²) in [6.45, 7) is 7.00. The highest BCUT2D eigenvalue weighted by Gasteiger charge is 2.61. The first-order valence-corrected chi connectivity index (χ1v) is 12.4. The van der Waals surface area contributed by atoms with Gasteiger partial charge in [0, 0.05) is 12.6 Å². The molecule has 1 amide bonds. The second-order valence-electron chi connectivity index (χ2n) is 8.96. The lowest BCUT2D eigenvalue weighted by Crippen LogP contribution is -2.49. The van der Waals surface area contributed by atoms with Crippen LogP contribution in [0.2, 0.25) is 0 Å². The van der Waals surface area contributed by atoms with Crippen molar-refractivity contribution >= 4 is 25.5 Å². The summed E-state index contributed by atoms with van der Waals surface area (Å²) in [4.78, 5) is 36.9. The zero-order chi connectivity index (χ0) is 24.4. The maximum atomic E-state index is 13.1. The quantitative estimate of drug-likeness (QED) is 0.222. The molecular weight excluding hydrogens is 453 g/mol. The monoisotopic (exact) mass is 483 g/mol. The minimum atomic E-state index is -3.96. The van der Waals surface area contributed by atoms with Gasteiger partial charge in [-0.1, -0.05) is 12.8 Å². The summed E-state index contributed by atoms with van der Waals surface area (Å²) in [6, 6.07) is 0. The number of phosphoric acid groups is 1. The predicted molar refractivity (Wildman–Crippen MR) is 115 cm³/mol.